The molecule has 138 valence electrons. The van der Waals surface area contributed by atoms with E-state index in [0.29, 0.717) is 32.5 Å². The van der Waals surface area contributed by atoms with Gasteiger partial charge in [-0.15, -0.1) is 0 Å². The van der Waals surface area contributed by atoms with Gasteiger partial charge < -0.3 is 14.4 Å². The second-order valence-corrected chi connectivity index (χ2v) is 7.94. The van der Waals surface area contributed by atoms with Crippen molar-refractivity contribution in [3.63, 3.8) is 0 Å². The molecule has 0 saturated carbocycles. The standard InChI is InChI=1S/C17H23NO6S/c1-4-24-17(20)12-7-9-18(10-8-12)16(19)13-5-6-14(23-2)15(11-13)25(3,21)22/h5-6,11-12H,4,7-10H2,1-3H3. The van der Waals surface area contributed by atoms with Gasteiger partial charge in [0.05, 0.1) is 19.6 Å². The number of benzene rings is 1. The van der Waals surface area contributed by atoms with Gasteiger partial charge in [0.1, 0.15) is 10.6 Å². The summed E-state index contributed by atoms with van der Waals surface area (Å²) in [5, 5.41) is 0. The molecule has 0 spiro atoms. The van der Waals surface area contributed by atoms with Crippen LogP contribution in [0, 0.1) is 5.92 Å². The molecule has 7 nitrogen and oxygen atoms in total. The van der Waals surface area contributed by atoms with Crippen molar-refractivity contribution < 1.29 is 27.5 Å². The maximum atomic E-state index is 12.7. The second-order valence-electron chi connectivity index (χ2n) is 5.96. The smallest absolute Gasteiger partial charge is 0.309 e. The Morgan fingerprint density at radius 3 is 2.40 bits per heavy atom. The molecule has 1 fully saturated rings. The average Bonchev–Trinajstić information content (AvgIpc) is 2.60. The van der Waals surface area contributed by atoms with E-state index in [4.69, 9.17) is 9.47 Å². The maximum Gasteiger partial charge on any atom is 0.309 e. The summed E-state index contributed by atoms with van der Waals surface area (Å²) in [5.41, 5.74) is 0.288. The van der Waals surface area contributed by atoms with Crippen LogP contribution in [0.2, 0.25) is 0 Å². The van der Waals surface area contributed by atoms with E-state index in [0.717, 1.165) is 6.26 Å². The van der Waals surface area contributed by atoms with E-state index in [1.165, 1.54) is 19.2 Å². The summed E-state index contributed by atoms with van der Waals surface area (Å²) in [4.78, 5) is 26.0. The fraction of sp³-hybridized carbons (Fsp3) is 0.529. The van der Waals surface area contributed by atoms with Gasteiger partial charge in [-0.2, -0.15) is 0 Å². The Balaban J connectivity index is 2.13. The van der Waals surface area contributed by atoms with Gasteiger partial charge in [-0.05, 0) is 38.0 Å². The molecule has 1 aromatic carbocycles. The first-order valence-electron chi connectivity index (χ1n) is 8.12. The number of piperidine rings is 1. The number of methoxy groups -OCH3 is 1. The van der Waals surface area contributed by atoms with Crippen LogP contribution in [0.25, 0.3) is 0 Å². The fourth-order valence-electron chi connectivity index (χ4n) is 2.86. The minimum Gasteiger partial charge on any atom is -0.495 e. The van der Waals surface area contributed by atoms with Crippen LogP contribution in [0.1, 0.15) is 30.1 Å². The van der Waals surface area contributed by atoms with Gasteiger partial charge in [-0.3, -0.25) is 9.59 Å². The topological polar surface area (TPSA) is 90.0 Å². The number of sulfone groups is 1. The number of carbonyl (C=O) groups excluding carboxylic acids is 2. The third-order valence-electron chi connectivity index (χ3n) is 4.21. The van der Waals surface area contributed by atoms with E-state index in [-0.39, 0.29) is 34.0 Å². The van der Waals surface area contributed by atoms with Crippen molar-refractivity contribution in [2.45, 2.75) is 24.7 Å². The summed E-state index contributed by atoms with van der Waals surface area (Å²) in [5.74, 6) is -0.459. The average molecular weight is 369 g/mol. The lowest BCUT2D eigenvalue weighted by Crippen LogP contribution is -2.40. The summed E-state index contributed by atoms with van der Waals surface area (Å²) in [6, 6.07) is 4.37. The molecular formula is C17H23NO6S. The number of nitrogens with zero attached hydrogens (tertiary/aromatic N) is 1. The van der Waals surface area contributed by atoms with Gasteiger partial charge in [0.2, 0.25) is 0 Å². The molecule has 0 bridgehead atoms. The van der Waals surface area contributed by atoms with Crippen LogP contribution in [0.4, 0.5) is 0 Å². The molecule has 0 radical (unpaired) electrons. The van der Waals surface area contributed by atoms with E-state index in [1.54, 1.807) is 17.9 Å². The van der Waals surface area contributed by atoms with Gasteiger partial charge in [0, 0.05) is 24.9 Å². The van der Waals surface area contributed by atoms with Crippen molar-refractivity contribution in [3.8, 4) is 5.75 Å². The van der Waals surface area contributed by atoms with Crippen LogP contribution >= 0.6 is 0 Å². The molecule has 1 saturated heterocycles. The maximum absolute atomic E-state index is 12.7. The minimum atomic E-state index is -3.52. The van der Waals surface area contributed by atoms with Crippen LogP contribution in [-0.2, 0) is 19.4 Å². The quantitative estimate of drug-likeness (QED) is 0.731. The van der Waals surface area contributed by atoms with Gasteiger partial charge in [0.25, 0.3) is 5.91 Å². The highest BCUT2D eigenvalue weighted by Crippen LogP contribution is 2.26. The van der Waals surface area contributed by atoms with Crippen LogP contribution in [0.15, 0.2) is 23.1 Å². The van der Waals surface area contributed by atoms with Gasteiger partial charge in [-0.25, -0.2) is 8.42 Å². The Kier molecular flexibility index (Phi) is 6.05. The van der Waals surface area contributed by atoms with Crippen molar-refractivity contribution in [1.82, 2.24) is 4.90 Å². The number of carbonyl (C=O) groups is 2. The highest BCUT2D eigenvalue weighted by molar-refractivity contribution is 7.90. The Morgan fingerprint density at radius 2 is 1.88 bits per heavy atom. The molecule has 1 aliphatic heterocycles. The number of hydrogen-bond donors (Lipinski definition) is 0. The van der Waals surface area contributed by atoms with Crippen molar-refractivity contribution in [3.05, 3.63) is 23.8 Å². The highest BCUT2D eigenvalue weighted by Gasteiger charge is 2.29. The van der Waals surface area contributed by atoms with Crippen molar-refractivity contribution >= 4 is 21.7 Å². The fourth-order valence-corrected chi connectivity index (χ4v) is 3.72. The monoisotopic (exact) mass is 369 g/mol. The lowest BCUT2D eigenvalue weighted by atomic mass is 9.96. The first kappa shape index (κ1) is 19.2. The summed E-state index contributed by atoms with van der Waals surface area (Å²) in [6.45, 7) is 2.97. The highest BCUT2D eigenvalue weighted by atomic mass is 32.2. The van der Waals surface area contributed by atoms with Gasteiger partial charge in [-0.1, -0.05) is 0 Å². The molecule has 0 aromatic heterocycles. The molecule has 25 heavy (non-hydrogen) atoms. The van der Waals surface area contributed by atoms with Crippen LogP contribution < -0.4 is 4.74 Å². The van der Waals surface area contributed by atoms with Gasteiger partial charge >= 0.3 is 5.97 Å². The molecule has 0 atom stereocenters. The first-order valence-corrected chi connectivity index (χ1v) is 10.0. The normalized spacial score (nSPS) is 15.7. The Bertz CT molecular complexity index is 750. The van der Waals surface area contributed by atoms with Gasteiger partial charge in [0.15, 0.2) is 9.84 Å². The Hall–Kier alpha value is -2.09. The van der Waals surface area contributed by atoms with E-state index < -0.39 is 9.84 Å². The lowest BCUT2D eigenvalue weighted by molar-refractivity contribution is -0.149. The van der Waals surface area contributed by atoms with Crippen molar-refractivity contribution in [2.24, 2.45) is 5.92 Å². The Labute approximate surface area is 147 Å². The van der Waals surface area contributed by atoms with Crippen LogP contribution in [0.5, 0.6) is 5.75 Å². The number of hydrogen-bond acceptors (Lipinski definition) is 6. The molecule has 8 heteroatoms. The lowest BCUT2D eigenvalue weighted by Gasteiger charge is -2.31. The third-order valence-corrected chi connectivity index (χ3v) is 5.33. The Morgan fingerprint density at radius 1 is 1.24 bits per heavy atom. The number of likely N-dealkylation sites (tertiary alicyclic amines) is 1. The van der Waals surface area contributed by atoms with Crippen LogP contribution in [-0.4, -0.2) is 58.3 Å². The summed E-state index contributed by atoms with van der Waals surface area (Å²) >= 11 is 0. The number of rotatable bonds is 5. The van der Waals surface area contributed by atoms with Crippen molar-refractivity contribution in [1.29, 1.82) is 0 Å². The number of amides is 1. The first-order chi connectivity index (χ1) is 11.8. The molecule has 1 aromatic rings. The molecule has 0 N–H and O–H groups in total. The molecule has 1 amide bonds. The summed E-state index contributed by atoms with van der Waals surface area (Å²) < 4.78 is 33.9. The molecule has 2 rings (SSSR count). The third kappa shape index (κ3) is 4.50. The zero-order valence-corrected chi connectivity index (χ0v) is 15.5. The molecule has 1 aliphatic rings. The van der Waals surface area contributed by atoms with E-state index in [9.17, 15) is 18.0 Å². The molecule has 0 aliphatic carbocycles. The van der Waals surface area contributed by atoms with E-state index in [1.807, 2.05) is 0 Å². The largest absolute Gasteiger partial charge is 0.495 e. The molecule has 0 unspecified atom stereocenters. The molecular weight excluding hydrogens is 346 g/mol. The summed E-state index contributed by atoms with van der Waals surface area (Å²) in [7, 11) is -2.13. The predicted molar refractivity (Wildman–Crippen MR) is 91.4 cm³/mol. The second kappa shape index (κ2) is 7.86. The minimum absolute atomic E-state index is 0.0118. The van der Waals surface area contributed by atoms with Crippen LogP contribution in [0.3, 0.4) is 0 Å². The zero-order valence-electron chi connectivity index (χ0n) is 14.6. The van der Waals surface area contributed by atoms with Crippen molar-refractivity contribution in [2.75, 3.05) is 33.1 Å². The number of ether oxygens (including phenoxy) is 2. The zero-order chi connectivity index (χ0) is 18.6. The number of esters is 1. The van der Waals surface area contributed by atoms with E-state index >= 15 is 0 Å². The SMILES string of the molecule is CCOC(=O)C1CCN(C(=O)c2ccc(OC)c(S(C)(=O)=O)c2)CC1. The molecule has 1 heterocycles. The van der Waals surface area contributed by atoms with E-state index in [2.05, 4.69) is 0 Å². The predicted octanol–water partition coefficient (Wildman–Crippen LogP) is 1.51. The summed E-state index contributed by atoms with van der Waals surface area (Å²) in [6.07, 6.45) is 2.16.